The maximum Gasteiger partial charge on any atom is 0.251 e. The molecule has 4 nitrogen and oxygen atoms in total. The van der Waals surface area contributed by atoms with Gasteiger partial charge in [-0.15, -0.1) is 12.4 Å². The zero-order chi connectivity index (χ0) is 14.7. The van der Waals surface area contributed by atoms with Crippen molar-refractivity contribution in [1.82, 2.24) is 10.6 Å². The van der Waals surface area contributed by atoms with E-state index < -0.39 is 0 Å². The first-order valence-corrected chi connectivity index (χ1v) is 7.94. The normalized spacial score (nSPS) is 22.1. The third-order valence-corrected chi connectivity index (χ3v) is 4.58. The van der Waals surface area contributed by atoms with Crippen LogP contribution in [0.3, 0.4) is 0 Å². The smallest absolute Gasteiger partial charge is 0.251 e. The minimum atomic E-state index is 0. The molecule has 2 fully saturated rings. The molecule has 2 N–H and O–H groups in total. The first-order chi connectivity index (χ1) is 10.2. The Bertz CT molecular complexity index is 509. The summed E-state index contributed by atoms with van der Waals surface area (Å²) in [4.78, 5) is 12.5. The number of halogens is 1. The van der Waals surface area contributed by atoms with Crippen molar-refractivity contribution in [2.45, 2.75) is 38.1 Å². The lowest BCUT2D eigenvalue weighted by Crippen LogP contribution is -2.35. The van der Waals surface area contributed by atoms with Crippen LogP contribution in [0.2, 0.25) is 0 Å². The molecular formula is C17H25ClN2O2. The number of rotatable bonds is 3. The number of piperidine rings is 1. The van der Waals surface area contributed by atoms with Crippen LogP contribution in [0.25, 0.3) is 0 Å². The van der Waals surface area contributed by atoms with Crippen LogP contribution in [0.1, 0.15) is 46.7 Å². The van der Waals surface area contributed by atoms with E-state index in [0.717, 1.165) is 50.1 Å². The molecule has 1 atom stereocenters. The number of hydrogen-bond acceptors (Lipinski definition) is 3. The van der Waals surface area contributed by atoms with Crippen LogP contribution in [0.5, 0.6) is 0 Å². The fourth-order valence-electron chi connectivity index (χ4n) is 3.20. The van der Waals surface area contributed by atoms with Gasteiger partial charge in [-0.2, -0.15) is 0 Å². The van der Waals surface area contributed by atoms with Crippen molar-refractivity contribution in [2.75, 3.05) is 26.3 Å². The molecule has 3 rings (SSSR count). The molecule has 2 saturated heterocycles. The topological polar surface area (TPSA) is 50.4 Å². The molecule has 0 aliphatic carbocycles. The highest BCUT2D eigenvalue weighted by Gasteiger charge is 2.21. The highest BCUT2D eigenvalue weighted by molar-refractivity contribution is 5.96. The van der Waals surface area contributed by atoms with Gasteiger partial charge in [0.25, 0.3) is 5.91 Å². The van der Waals surface area contributed by atoms with E-state index in [1.807, 2.05) is 6.92 Å². The van der Waals surface area contributed by atoms with Crippen molar-refractivity contribution < 1.29 is 9.53 Å². The van der Waals surface area contributed by atoms with Crippen molar-refractivity contribution in [1.29, 1.82) is 0 Å². The second kappa shape index (κ2) is 7.95. The fraction of sp³-hybridized carbons (Fsp3) is 0.588. The van der Waals surface area contributed by atoms with Gasteiger partial charge in [-0.25, -0.2) is 0 Å². The second-order valence-corrected chi connectivity index (χ2v) is 6.13. The lowest BCUT2D eigenvalue weighted by molar-refractivity contribution is 0.0929. The molecule has 1 aromatic carbocycles. The lowest BCUT2D eigenvalue weighted by atomic mass is 9.88. The monoisotopic (exact) mass is 324 g/mol. The van der Waals surface area contributed by atoms with Crippen LogP contribution >= 0.6 is 12.4 Å². The Morgan fingerprint density at radius 3 is 2.73 bits per heavy atom. The van der Waals surface area contributed by atoms with Gasteiger partial charge in [0.1, 0.15) is 0 Å². The summed E-state index contributed by atoms with van der Waals surface area (Å²) in [6, 6.07) is 6.52. The number of ether oxygens (including phenoxy) is 1. The number of benzene rings is 1. The van der Waals surface area contributed by atoms with E-state index in [9.17, 15) is 4.79 Å². The van der Waals surface area contributed by atoms with Crippen molar-refractivity contribution >= 4 is 18.3 Å². The van der Waals surface area contributed by atoms with Crippen LogP contribution in [0, 0.1) is 6.92 Å². The Labute approximate surface area is 138 Å². The van der Waals surface area contributed by atoms with Gasteiger partial charge < -0.3 is 15.4 Å². The summed E-state index contributed by atoms with van der Waals surface area (Å²) in [6.45, 7) is 5.53. The minimum absolute atomic E-state index is 0. The zero-order valence-corrected chi connectivity index (χ0v) is 13.9. The molecule has 0 spiro atoms. The van der Waals surface area contributed by atoms with E-state index in [1.165, 1.54) is 5.56 Å². The summed E-state index contributed by atoms with van der Waals surface area (Å²) >= 11 is 0. The van der Waals surface area contributed by atoms with Gasteiger partial charge in [0.2, 0.25) is 0 Å². The molecule has 0 bridgehead atoms. The average Bonchev–Trinajstić information content (AvgIpc) is 3.01. The van der Waals surface area contributed by atoms with Crippen molar-refractivity contribution in [3.63, 3.8) is 0 Å². The zero-order valence-electron chi connectivity index (χ0n) is 13.1. The van der Waals surface area contributed by atoms with Gasteiger partial charge in [0.05, 0.1) is 12.6 Å². The standard InChI is InChI=1S/C17H24N2O2.ClH/c1-12-2-3-14(13-4-7-18-8-5-13)10-16(12)17(20)19-15-6-9-21-11-15;/h2-3,10,13,15,18H,4-9,11H2,1H3,(H,19,20);1H. The highest BCUT2D eigenvalue weighted by Crippen LogP contribution is 2.27. The molecule has 0 saturated carbocycles. The van der Waals surface area contributed by atoms with Crippen LogP contribution < -0.4 is 10.6 Å². The van der Waals surface area contributed by atoms with E-state index >= 15 is 0 Å². The van der Waals surface area contributed by atoms with E-state index in [1.54, 1.807) is 0 Å². The van der Waals surface area contributed by atoms with Gasteiger partial charge >= 0.3 is 0 Å². The Morgan fingerprint density at radius 2 is 2.05 bits per heavy atom. The molecule has 2 aliphatic rings. The molecule has 5 heteroatoms. The van der Waals surface area contributed by atoms with Gasteiger partial charge in [0, 0.05) is 12.2 Å². The van der Waals surface area contributed by atoms with E-state index in [-0.39, 0.29) is 24.4 Å². The third kappa shape index (κ3) is 4.00. The predicted molar refractivity (Wildman–Crippen MR) is 90.0 cm³/mol. The Balaban J connectivity index is 0.00000176. The lowest BCUT2D eigenvalue weighted by Gasteiger charge is -2.24. The van der Waals surface area contributed by atoms with E-state index in [2.05, 4.69) is 28.8 Å². The number of carbonyl (C=O) groups is 1. The predicted octanol–water partition coefficient (Wildman–Crippen LogP) is 2.40. The molecule has 1 unspecified atom stereocenters. The van der Waals surface area contributed by atoms with Crippen molar-refractivity contribution in [3.05, 3.63) is 34.9 Å². The average molecular weight is 325 g/mol. The maximum atomic E-state index is 12.5. The van der Waals surface area contributed by atoms with Crippen molar-refractivity contribution in [3.8, 4) is 0 Å². The summed E-state index contributed by atoms with van der Waals surface area (Å²) in [6.07, 6.45) is 3.22. The number of carbonyl (C=O) groups excluding carboxylic acids is 1. The first kappa shape index (κ1) is 17.3. The molecule has 0 radical (unpaired) electrons. The van der Waals surface area contributed by atoms with Crippen molar-refractivity contribution in [2.24, 2.45) is 0 Å². The molecule has 22 heavy (non-hydrogen) atoms. The Morgan fingerprint density at radius 1 is 1.27 bits per heavy atom. The Kier molecular flexibility index (Phi) is 6.24. The summed E-state index contributed by atoms with van der Waals surface area (Å²) < 4.78 is 5.32. The first-order valence-electron chi connectivity index (χ1n) is 7.94. The summed E-state index contributed by atoms with van der Waals surface area (Å²) in [5, 5.41) is 6.48. The van der Waals surface area contributed by atoms with Gasteiger partial charge in [-0.1, -0.05) is 12.1 Å². The molecule has 122 valence electrons. The summed E-state index contributed by atoms with van der Waals surface area (Å²) in [5.41, 5.74) is 3.16. The number of hydrogen-bond donors (Lipinski definition) is 2. The van der Waals surface area contributed by atoms with Crippen LogP contribution in [-0.4, -0.2) is 38.3 Å². The Hall–Kier alpha value is -1.10. The summed E-state index contributed by atoms with van der Waals surface area (Å²) in [5.74, 6) is 0.618. The second-order valence-electron chi connectivity index (χ2n) is 6.13. The maximum absolute atomic E-state index is 12.5. The van der Waals surface area contributed by atoms with Gasteiger partial charge in [0.15, 0.2) is 0 Å². The summed E-state index contributed by atoms with van der Waals surface area (Å²) in [7, 11) is 0. The molecule has 1 amide bonds. The van der Waals surface area contributed by atoms with E-state index in [0.29, 0.717) is 12.5 Å². The van der Waals surface area contributed by atoms with Gasteiger partial charge in [-0.05, 0) is 62.4 Å². The number of nitrogens with one attached hydrogen (secondary N) is 2. The van der Waals surface area contributed by atoms with E-state index in [4.69, 9.17) is 4.74 Å². The number of amides is 1. The SMILES string of the molecule is Cc1ccc(C2CCNCC2)cc1C(=O)NC1CCOC1.Cl. The quantitative estimate of drug-likeness (QED) is 0.897. The highest BCUT2D eigenvalue weighted by atomic mass is 35.5. The molecule has 0 aromatic heterocycles. The van der Waals surface area contributed by atoms with Gasteiger partial charge in [-0.3, -0.25) is 4.79 Å². The number of aryl methyl sites for hydroxylation is 1. The van der Waals surface area contributed by atoms with Crippen LogP contribution in [0.15, 0.2) is 18.2 Å². The molecule has 1 aromatic rings. The van der Waals surface area contributed by atoms with Crippen LogP contribution in [-0.2, 0) is 4.74 Å². The molecular weight excluding hydrogens is 300 g/mol. The third-order valence-electron chi connectivity index (χ3n) is 4.58. The minimum Gasteiger partial charge on any atom is -0.379 e. The molecule has 2 heterocycles. The van der Waals surface area contributed by atoms with Crippen LogP contribution in [0.4, 0.5) is 0 Å². The largest absolute Gasteiger partial charge is 0.379 e. The fourth-order valence-corrected chi connectivity index (χ4v) is 3.20. The molecule has 2 aliphatic heterocycles.